The molecule has 0 aromatic heterocycles. The van der Waals surface area contributed by atoms with Crippen molar-refractivity contribution >= 4 is 5.91 Å². The molecular weight excluding hydrogens is 368 g/mol. The number of carbonyl (C=O) groups is 1. The molecule has 0 radical (unpaired) electrons. The fourth-order valence-electron chi connectivity index (χ4n) is 4.31. The van der Waals surface area contributed by atoms with Crippen molar-refractivity contribution in [2.75, 3.05) is 32.8 Å². The van der Waals surface area contributed by atoms with E-state index in [1.807, 2.05) is 36.4 Å². The molecule has 1 fully saturated rings. The molecule has 1 saturated heterocycles. The number of aliphatic hydroxyl groups is 1. The van der Waals surface area contributed by atoms with E-state index in [4.69, 9.17) is 9.47 Å². The predicted octanol–water partition coefficient (Wildman–Crippen LogP) is 2.62. The molecule has 0 saturated carbocycles. The van der Waals surface area contributed by atoms with E-state index in [0.717, 1.165) is 42.8 Å². The number of hydrogen-bond donors (Lipinski definition) is 2. The fourth-order valence-corrected chi connectivity index (χ4v) is 4.31. The number of piperidine rings is 1. The summed E-state index contributed by atoms with van der Waals surface area (Å²) in [6.45, 7) is 4.81. The van der Waals surface area contributed by atoms with Gasteiger partial charge in [0.15, 0.2) is 11.5 Å². The van der Waals surface area contributed by atoms with E-state index in [0.29, 0.717) is 25.5 Å². The molecule has 29 heavy (non-hydrogen) atoms. The Hall–Kier alpha value is -2.57. The summed E-state index contributed by atoms with van der Waals surface area (Å²) in [7, 11) is 0. The number of benzene rings is 2. The Kier molecular flexibility index (Phi) is 5.74. The van der Waals surface area contributed by atoms with Crippen molar-refractivity contribution in [1.29, 1.82) is 0 Å². The first-order valence-electron chi connectivity index (χ1n) is 10.2. The van der Waals surface area contributed by atoms with Gasteiger partial charge in [-0.2, -0.15) is 0 Å². The summed E-state index contributed by atoms with van der Waals surface area (Å²) in [6.07, 6.45) is 1.02. The Bertz CT molecular complexity index is 847. The van der Waals surface area contributed by atoms with E-state index in [1.165, 1.54) is 0 Å². The van der Waals surface area contributed by atoms with E-state index in [1.54, 1.807) is 6.92 Å². The maximum atomic E-state index is 11.9. The summed E-state index contributed by atoms with van der Waals surface area (Å²) in [5.41, 5.74) is 1.63. The molecule has 6 heteroatoms. The molecule has 2 aromatic carbocycles. The van der Waals surface area contributed by atoms with Crippen molar-refractivity contribution in [1.82, 2.24) is 10.2 Å². The highest BCUT2D eigenvalue weighted by Gasteiger charge is 2.37. The van der Waals surface area contributed by atoms with Crippen LogP contribution in [0.1, 0.15) is 37.0 Å². The second-order valence-electron chi connectivity index (χ2n) is 7.85. The monoisotopic (exact) mass is 396 g/mol. The summed E-state index contributed by atoms with van der Waals surface area (Å²) >= 11 is 0. The van der Waals surface area contributed by atoms with Gasteiger partial charge in [-0.15, -0.1) is 0 Å². The quantitative estimate of drug-likeness (QED) is 0.813. The molecular formula is C23H28N2O4. The van der Waals surface area contributed by atoms with Gasteiger partial charge in [0.1, 0.15) is 13.2 Å². The van der Waals surface area contributed by atoms with E-state index in [-0.39, 0.29) is 11.4 Å². The van der Waals surface area contributed by atoms with Crippen LogP contribution in [0.25, 0.3) is 0 Å². The Labute approximate surface area is 171 Å². The second kappa shape index (κ2) is 8.43. The van der Waals surface area contributed by atoms with Gasteiger partial charge in [-0.1, -0.05) is 36.4 Å². The molecule has 1 atom stereocenters. The number of fused-ring (bicyclic) bond motifs is 1. The van der Waals surface area contributed by atoms with Gasteiger partial charge >= 0.3 is 0 Å². The van der Waals surface area contributed by atoms with Crippen LogP contribution in [-0.2, 0) is 10.3 Å². The fraction of sp³-hybridized carbons (Fsp3) is 0.435. The second-order valence-corrected chi connectivity index (χ2v) is 7.85. The highest BCUT2D eigenvalue weighted by Crippen LogP contribution is 2.35. The van der Waals surface area contributed by atoms with Crippen LogP contribution in [0, 0.1) is 0 Å². The first-order chi connectivity index (χ1) is 14.1. The lowest BCUT2D eigenvalue weighted by molar-refractivity contribution is -0.121. The van der Waals surface area contributed by atoms with Gasteiger partial charge in [-0.05, 0) is 36.1 Å². The van der Waals surface area contributed by atoms with Gasteiger partial charge in [0.2, 0.25) is 5.91 Å². The summed E-state index contributed by atoms with van der Waals surface area (Å²) in [5.74, 6) is 1.41. The number of nitrogens with one attached hydrogen (secondary N) is 1. The van der Waals surface area contributed by atoms with Gasteiger partial charge < -0.3 is 24.8 Å². The molecule has 1 amide bonds. The van der Waals surface area contributed by atoms with Crippen LogP contribution >= 0.6 is 0 Å². The Morgan fingerprint density at radius 2 is 1.79 bits per heavy atom. The standard InChI is InChI=1S/C23H28N2O4/c1-17(26)24-23(19-5-3-2-4-6-19)9-11-25(12-10-23)16-20(27)18-7-8-21-22(15-18)29-14-13-28-21/h2-8,15,20,27H,9-14,16H2,1H3,(H,24,26)/t20-/m1/s1. The normalized spacial score (nSPS) is 19.4. The van der Waals surface area contributed by atoms with Crippen molar-refractivity contribution < 1.29 is 19.4 Å². The van der Waals surface area contributed by atoms with Crippen LogP contribution in [0.5, 0.6) is 11.5 Å². The smallest absolute Gasteiger partial charge is 0.217 e. The third-order valence-electron chi connectivity index (χ3n) is 5.83. The zero-order chi connectivity index (χ0) is 20.3. The zero-order valence-corrected chi connectivity index (χ0v) is 16.8. The van der Waals surface area contributed by atoms with Crippen LogP contribution in [0.4, 0.5) is 0 Å². The van der Waals surface area contributed by atoms with Crippen molar-refractivity contribution in [3.8, 4) is 11.5 Å². The van der Waals surface area contributed by atoms with Gasteiger partial charge in [0, 0.05) is 26.6 Å². The van der Waals surface area contributed by atoms with Crippen LogP contribution in [0.2, 0.25) is 0 Å². The minimum Gasteiger partial charge on any atom is -0.486 e. The van der Waals surface area contributed by atoms with Crippen molar-refractivity contribution in [2.45, 2.75) is 31.4 Å². The number of likely N-dealkylation sites (tertiary alicyclic amines) is 1. The maximum Gasteiger partial charge on any atom is 0.217 e. The minimum atomic E-state index is -0.601. The van der Waals surface area contributed by atoms with E-state index in [9.17, 15) is 9.90 Å². The average molecular weight is 396 g/mol. The number of aliphatic hydroxyl groups excluding tert-OH is 1. The molecule has 2 N–H and O–H groups in total. The lowest BCUT2D eigenvalue weighted by atomic mass is 9.80. The summed E-state index contributed by atoms with van der Waals surface area (Å²) in [5, 5.41) is 14.0. The first-order valence-corrected chi connectivity index (χ1v) is 10.2. The molecule has 2 heterocycles. The molecule has 2 aliphatic heterocycles. The molecule has 2 aromatic rings. The molecule has 4 rings (SSSR count). The van der Waals surface area contributed by atoms with Crippen LogP contribution in [0.15, 0.2) is 48.5 Å². The lowest BCUT2D eigenvalue weighted by Gasteiger charge is -2.43. The molecule has 0 spiro atoms. The van der Waals surface area contributed by atoms with Crippen LogP contribution < -0.4 is 14.8 Å². The predicted molar refractivity (Wildman–Crippen MR) is 110 cm³/mol. The largest absolute Gasteiger partial charge is 0.486 e. The minimum absolute atomic E-state index is 0.0152. The molecule has 0 bridgehead atoms. The molecule has 0 unspecified atom stereocenters. The average Bonchev–Trinajstić information content (AvgIpc) is 2.75. The number of hydrogen-bond acceptors (Lipinski definition) is 5. The number of β-amino-alcohol motifs (C(OH)–C–C–N with tert-alkyl or cyclic N) is 1. The van der Waals surface area contributed by atoms with E-state index >= 15 is 0 Å². The number of amides is 1. The Morgan fingerprint density at radius 3 is 2.48 bits per heavy atom. The van der Waals surface area contributed by atoms with Gasteiger partial charge in [0.05, 0.1) is 11.6 Å². The highest BCUT2D eigenvalue weighted by atomic mass is 16.6. The zero-order valence-electron chi connectivity index (χ0n) is 16.8. The number of ether oxygens (including phenoxy) is 2. The van der Waals surface area contributed by atoms with Crippen molar-refractivity contribution in [3.05, 3.63) is 59.7 Å². The molecule has 6 nitrogen and oxygen atoms in total. The lowest BCUT2D eigenvalue weighted by Crippen LogP contribution is -2.53. The summed E-state index contributed by atoms with van der Waals surface area (Å²) in [6, 6.07) is 15.8. The van der Waals surface area contributed by atoms with Gasteiger partial charge in [-0.25, -0.2) is 0 Å². The van der Waals surface area contributed by atoms with E-state index < -0.39 is 6.10 Å². The first kappa shape index (κ1) is 19.7. The van der Waals surface area contributed by atoms with Gasteiger partial charge in [0.25, 0.3) is 0 Å². The van der Waals surface area contributed by atoms with E-state index in [2.05, 4.69) is 22.3 Å². The molecule has 154 valence electrons. The SMILES string of the molecule is CC(=O)NC1(c2ccccc2)CCN(C[C@@H](O)c2ccc3c(c2)OCCO3)CC1. The van der Waals surface area contributed by atoms with Crippen molar-refractivity contribution in [2.24, 2.45) is 0 Å². The summed E-state index contributed by atoms with van der Waals surface area (Å²) < 4.78 is 11.2. The number of carbonyl (C=O) groups excluding carboxylic acids is 1. The molecule has 2 aliphatic rings. The van der Waals surface area contributed by atoms with Gasteiger partial charge in [-0.3, -0.25) is 4.79 Å². The highest BCUT2D eigenvalue weighted by molar-refractivity contribution is 5.74. The molecule has 0 aliphatic carbocycles. The summed E-state index contributed by atoms with van der Waals surface area (Å²) in [4.78, 5) is 14.1. The number of rotatable bonds is 5. The Balaban J connectivity index is 1.41. The third-order valence-corrected chi connectivity index (χ3v) is 5.83. The maximum absolute atomic E-state index is 11.9. The Morgan fingerprint density at radius 1 is 1.10 bits per heavy atom. The van der Waals surface area contributed by atoms with Crippen LogP contribution in [-0.4, -0.2) is 48.8 Å². The third kappa shape index (κ3) is 4.38. The van der Waals surface area contributed by atoms with Crippen LogP contribution in [0.3, 0.4) is 0 Å². The topological polar surface area (TPSA) is 71.0 Å². The number of nitrogens with zero attached hydrogens (tertiary/aromatic N) is 1. The van der Waals surface area contributed by atoms with Crippen molar-refractivity contribution in [3.63, 3.8) is 0 Å².